The minimum Gasteiger partial charge on any atom is -0.301 e. The number of thioether (sulfide) groups is 1. The number of hydrogen-bond acceptors (Lipinski definition) is 2. The number of carbonyl (C=O) groups is 1. The van der Waals surface area contributed by atoms with Crippen molar-refractivity contribution in [2.45, 2.75) is 11.7 Å². The fourth-order valence-corrected chi connectivity index (χ4v) is 1.47. The molecule has 0 amide bonds. The Kier molecular flexibility index (Phi) is 2.93. The zero-order valence-corrected chi connectivity index (χ0v) is 8.10. The summed E-state index contributed by atoms with van der Waals surface area (Å²) in [6, 6.07) is 9.81. The van der Waals surface area contributed by atoms with Crippen LogP contribution in [0.15, 0.2) is 30.3 Å². The van der Waals surface area contributed by atoms with Gasteiger partial charge in [0.25, 0.3) is 0 Å². The normalized spacial score (nSPS) is 15.2. The van der Waals surface area contributed by atoms with Crippen molar-refractivity contribution in [2.75, 3.05) is 6.26 Å². The van der Waals surface area contributed by atoms with Gasteiger partial charge in [-0.2, -0.15) is 0 Å². The van der Waals surface area contributed by atoms with Crippen LogP contribution >= 0.6 is 11.8 Å². The second-order valence-corrected chi connectivity index (χ2v) is 4.05. The summed E-state index contributed by atoms with van der Waals surface area (Å²) in [5.74, 6) is 0. The molecule has 0 bridgehead atoms. The van der Waals surface area contributed by atoms with Gasteiger partial charge in [-0.25, -0.2) is 0 Å². The van der Waals surface area contributed by atoms with Gasteiger partial charge in [0.1, 0.15) is 6.29 Å². The van der Waals surface area contributed by atoms with Gasteiger partial charge in [0.15, 0.2) is 0 Å². The third kappa shape index (κ3) is 1.69. The molecule has 0 fully saturated rings. The van der Waals surface area contributed by atoms with Crippen molar-refractivity contribution in [3.8, 4) is 0 Å². The fourth-order valence-electron chi connectivity index (χ4n) is 1.00. The molecule has 0 saturated heterocycles. The second kappa shape index (κ2) is 3.76. The Labute approximate surface area is 77.2 Å². The Morgan fingerprint density at radius 1 is 1.33 bits per heavy atom. The molecule has 1 rings (SSSR count). The highest BCUT2D eigenvalue weighted by molar-refractivity contribution is 8.00. The van der Waals surface area contributed by atoms with E-state index in [1.54, 1.807) is 11.8 Å². The summed E-state index contributed by atoms with van der Waals surface area (Å²) in [6.45, 7) is 1.93. The minimum atomic E-state index is -0.388. The molecule has 0 spiro atoms. The summed E-state index contributed by atoms with van der Waals surface area (Å²) < 4.78 is -0.388. The van der Waals surface area contributed by atoms with E-state index in [0.717, 1.165) is 11.8 Å². The van der Waals surface area contributed by atoms with Crippen molar-refractivity contribution >= 4 is 18.0 Å². The molecular weight excluding hydrogens is 168 g/mol. The van der Waals surface area contributed by atoms with Crippen LogP contribution in [0.3, 0.4) is 0 Å². The average Bonchev–Trinajstić information content (AvgIpc) is 2.18. The molecular formula is C10H12OS. The molecule has 12 heavy (non-hydrogen) atoms. The van der Waals surface area contributed by atoms with Gasteiger partial charge >= 0.3 is 0 Å². The topological polar surface area (TPSA) is 17.1 Å². The Hall–Kier alpha value is -0.760. The third-order valence-corrected chi connectivity index (χ3v) is 3.18. The maximum Gasteiger partial charge on any atom is 0.140 e. The zero-order valence-electron chi connectivity index (χ0n) is 7.28. The Morgan fingerprint density at radius 2 is 1.92 bits per heavy atom. The van der Waals surface area contributed by atoms with Gasteiger partial charge in [0, 0.05) is 0 Å². The van der Waals surface area contributed by atoms with Crippen LogP contribution in [-0.2, 0) is 9.54 Å². The third-order valence-electron chi connectivity index (χ3n) is 2.00. The summed E-state index contributed by atoms with van der Waals surface area (Å²) in [7, 11) is 0. The zero-order chi connectivity index (χ0) is 9.03. The van der Waals surface area contributed by atoms with E-state index in [9.17, 15) is 4.79 Å². The molecule has 1 aromatic rings. The summed E-state index contributed by atoms with van der Waals surface area (Å²) >= 11 is 1.56. The number of rotatable bonds is 3. The molecule has 0 N–H and O–H groups in total. The SMILES string of the molecule is CSC(C)(C=O)c1ccccc1. The quantitative estimate of drug-likeness (QED) is 0.665. The molecule has 1 atom stereocenters. The van der Waals surface area contributed by atoms with Crippen LogP contribution in [0.4, 0.5) is 0 Å². The number of aldehydes is 1. The molecule has 0 radical (unpaired) electrons. The molecule has 2 heteroatoms. The Morgan fingerprint density at radius 3 is 2.33 bits per heavy atom. The van der Waals surface area contributed by atoms with Gasteiger partial charge in [0.2, 0.25) is 0 Å². The van der Waals surface area contributed by atoms with E-state index >= 15 is 0 Å². The van der Waals surface area contributed by atoms with Gasteiger partial charge in [-0.1, -0.05) is 30.3 Å². The summed E-state index contributed by atoms with van der Waals surface area (Å²) in [4.78, 5) is 10.8. The van der Waals surface area contributed by atoms with Crippen LogP contribution in [0, 0.1) is 0 Å². The minimum absolute atomic E-state index is 0.388. The molecule has 1 nitrogen and oxygen atoms in total. The summed E-state index contributed by atoms with van der Waals surface area (Å²) in [5.41, 5.74) is 1.06. The fraction of sp³-hybridized carbons (Fsp3) is 0.300. The highest BCUT2D eigenvalue weighted by Gasteiger charge is 2.23. The van der Waals surface area contributed by atoms with Gasteiger partial charge < -0.3 is 4.79 Å². The maximum atomic E-state index is 10.8. The lowest BCUT2D eigenvalue weighted by Crippen LogP contribution is -2.18. The molecule has 1 aromatic carbocycles. The van der Waals surface area contributed by atoms with Crippen LogP contribution in [0.2, 0.25) is 0 Å². The highest BCUT2D eigenvalue weighted by Crippen LogP contribution is 2.31. The van der Waals surface area contributed by atoms with E-state index in [1.807, 2.05) is 43.5 Å². The van der Waals surface area contributed by atoms with E-state index in [1.165, 1.54) is 0 Å². The molecule has 0 aliphatic heterocycles. The maximum absolute atomic E-state index is 10.8. The number of benzene rings is 1. The molecule has 0 aliphatic rings. The van der Waals surface area contributed by atoms with Crippen LogP contribution in [-0.4, -0.2) is 12.5 Å². The van der Waals surface area contributed by atoms with Crippen molar-refractivity contribution in [3.63, 3.8) is 0 Å². The predicted octanol–water partition coefficient (Wildman–Crippen LogP) is 2.46. The monoisotopic (exact) mass is 180 g/mol. The van der Waals surface area contributed by atoms with Crippen molar-refractivity contribution in [3.05, 3.63) is 35.9 Å². The molecule has 64 valence electrons. The predicted molar refractivity (Wildman–Crippen MR) is 53.4 cm³/mol. The largest absolute Gasteiger partial charge is 0.301 e. The lowest BCUT2D eigenvalue weighted by molar-refractivity contribution is -0.109. The van der Waals surface area contributed by atoms with Gasteiger partial charge in [-0.3, -0.25) is 0 Å². The Bertz CT molecular complexity index is 258. The number of hydrogen-bond donors (Lipinski definition) is 0. The van der Waals surface area contributed by atoms with Gasteiger partial charge in [-0.15, -0.1) is 11.8 Å². The van der Waals surface area contributed by atoms with E-state index < -0.39 is 0 Å². The highest BCUT2D eigenvalue weighted by atomic mass is 32.2. The van der Waals surface area contributed by atoms with Gasteiger partial charge in [0.05, 0.1) is 4.75 Å². The molecule has 1 unspecified atom stereocenters. The van der Waals surface area contributed by atoms with E-state index in [4.69, 9.17) is 0 Å². The lowest BCUT2D eigenvalue weighted by atomic mass is 10.0. The van der Waals surface area contributed by atoms with E-state index in [2.05, 4.69) is 0 Å². The summed E-state index contributed by atoms with van der Waals surface area (Å²) in [5, 5.41) is 0. The Balaban J connectivity index is 3.03. The van der Waals surface area contributed by atoms with Gasteiger partial charge in [-0.05, 0) is 18.7 Å². The first kappa shape index (κ1) is 9.33. The lowest BCUT2D eigenvalue weighted by Gasteiger charge is -2.20. The first-order chi connectivity index (χ1) is 5.73. The van der Waals surface area contributed by atoms with Crippen molar-refractivity contribution in [1.82, 2.24) is 0 Å². The van der Waals surface area contributed by atoms with Crippen molar-refractivity contribution in [1.29, 1.82) is 0 Å². The molecule has 0 heterocycles. The number of carbonyl (C=O) groups excluding carboxylic acids is 1. The van der Waals surface area contributed by atoms with Crippen LogP contribution in [0.5, 0.6) is 0 Å². The van der Waals surface area contributed by atoms with Crippen molar-refractivity contribution < 1.29 is 4.79 Å². The average molecular weight is 180 g/mol. The standard InChI is InChI=1S/C10H12OS/c1-10(8-11,12-2)9-6-4-3-5-7-9/h3-8H,1-2H3. The molecule has 0 saturated carbocycles. The second-order valence-electron chi connectivity index (χ2n) is 2.80. The molecule has 0 aliphatic carbocycles. The van der Waals surface area contributed by atoms with Crippen LogP contribution in [0.25, 0.3) is 0 Å². The van der Waals surface area contributed by atoms with Crippen LogP contribution in [0.1, 0.15) is 12.5 Å². The first-order valence-corrected chi connectivity index (χ1v) is 5.02. The molecule has 0 aromatic heterocycles. The summed E-state index contributed by atoms with van der Waals surface area (Å²) in [6.07, 6.45) is 2.94. The van der Waals surface area contributed by atoms with E-state index in [0.29, 0.717) is 0 Å². The smallest absolute Gasteiger partial charge is 0.140 e. The van der Waals surface area contributed by atoms with E-state index in [-0.39, 0.29) is 4.75 Å². The van der Waals surface area contributed by atoms with Crippen molar-refractivity contribution in [2.24, 2.45) is 0 Å². The first-order valence-electron chi connectivity index (χ1n) is 3.80. The van der Waals surface area contributed by atoms with Crippen LogP contribution < -0.4 is 0 Å².